The standard InChI is InChI=1S/C23H26FN5O3/c1-23(2,22(30)31)14-32-18-8-10-29(11-9-18)19-7-6-16(13-25-19)21-26-20(27-28-21)15-4-3-5-17(24)12-15/h3-7,12-13,18H,8-11,14H2,1-2H3,(H,30,31)(H,26,27,28). The zero-order valence-electron chi connectivity index (χ0n) is 18.1. The van der Waals surface area contributed by atoms with Gasteiger partial charge in [0.15, 0.2) is 11.6 Å². The normalized spacial score (nSPS) is 15.2. The van der Waals surface area contributed by atoms with Crippen LogP contribution < -0.4 is 4.90 Å². The van der Waals surface area contributed by atoms with Crippen molar-refractivity contribution in [2.24, 2.45) is 5.41 Å². The molecular formula is C23H26FN5O3. The minimum Gasteiger partial charge on any atom is -0.481 e. The molecule has 1 fully saturated rings. The number of hydrogen-bond acceptors (Lipinski definition) is 6. The fourth-order valence-corrected chi connectivity index (χ4v) is 3.51. The predicted molar refractivity (Wildman–Crippen MR) is 118 cm³/mol. The molecule has 1 aliphatic rings. The number of rotatable bonds is 7. The van der Waals surface area contributed by atoms with E-state index in [0.29, 0.717) is 17.2 Å². The molecule has 168 valence electrons. The molecule has 2 N–H and O–H groups in total. The first kappa shape index (κ1) is 21.9. The molecule has 0 atom stereocenters. The summed E-state index contributed by atoms with van der Waals surface area (Å²) in [6, 6.07) is 10.1. The Labute approximate surface area is 185 Å². The molecule has 1 aliphatic heterocycles. The quantitative estimate of drug-likeness (QED) is 0.577. The summed E-state index contributed by atoms with van der Waals surface area (Å²) >= 11 is 0. The van der Waals surface area contributed by atoms with Crippen molar-refractivity contribution in [3.05, 3.63) is 48.4 Å². The third-order valence-electron chi connectivity index (χ3n) is 5.63. The molecule has 4 rings (SSSR count). The van der Waals surface area contributed by atoms with Crippen LogP contribution in [0.1, 0.15) is 26.7 Å². The van der Waals surface area contributed by atoms with Gasteiger partial charge in [-0.1, -0.05) is 12.1 Å². The SMILES string of the molecule is CC(C)(COC1CCN(c2ccc(-c3nnc(-c4cccc(F)c4)[nH]3)cn2)CC1)C(=O)O. The summed E-state index contributed by atoms with van der Waals surface area (Å²) in [5.41, 5.74) is 0.534. The van der Waals surface area contributed by atoms with Gasteiger partial charge in [0.1, 0.15) is 11.6 Å². The van der Waals surface area contributed by atoms with Crippen molar-refractivity contribution in [2.45, 2.75) is 32.8 Å². The lowest BCUT2D eigenvalue weighted by Crippen LogP contribution is -2.39. The Kier molecular flexibility index (Phi) is 6.18. The number of nitrogens with one attached hydrogen (secondary N) is 1. The van der Waals surface area contributed by atoms with E-state index in [9.17, 15) is 14.3 Å². The lowest BCUT2D eigenvalue weighted by atomic mass is 9.95. The van der Waals surface area contributed by atoms with Crippen molar-refractivity contribution in [3.8, 4) is 22.8 Å². The van der Waals surface area contributed by atoms with Crippen molar-refractivity contribution in [1.29, 1.82) is 0 Å². The van der Waals surface area contributed by atoms with Crippen LogP contribution in [0.3, 0.4) is 0 Å². The first-order valence-electron chi connectivity index (χ1n) is 10.6. The van der Waals surface area contributed by atoms with Gasteiger partial charge >= 0.3 is 5.97 Å². The molecule has 0 saturated carbocycles. The summed E-state index contributed by atoms with van der Waals surface area (Å²) in [5, 5.41) is 17.5. The minimum atomic E-state index is -0.885. The average Bonchev–Trinajstić information content (AvgIpc) is 3.29. The number of carboxylic acid groups (broad SMARTS) is 1. The lowest BCUT2D eigenvalue weighted by Gasteiger charge is -2.34. The number of piperidine rings is 1. The molecule has 8 nitrogen and oxygen atoms in total. The van der Waals surface area contributed by atoms with Gasteiger partial charge in [-0.2, -0.15) is 0 Å². The largest absolute Gasteiger partial charge is 0.481 e. The molecule has 9 heteroatoms. The van der Waals surface area contributed by atoms with Gasteiger partial charge in [0.05, 0.1) is 18.1 Å². The maximum atomic E-state index is 13.4. The number of aromatic amines is 1. The highest BCUT2D eigenvalue weighted by atomic mass is 19.1. The highest BCUT2D eigenvalue weighted by Gasteiger charge is 2.30. The van der Waals surface area contributed by atoms with E-state index in [1.807, 2.05) is 12.1 Å². The summed E-state index contributed by atoms with van der Waals surface area (Å²) in [7, 11) is 0. The Morgan fingerprint density at radius 1 is 1.19 bits per heavy atom. The number of hydrogen-bond donors (Lipinski definition) is 2. The molecule has 0 unspecified atom stereocenters. The zero-order chi connectivity index (χ0) is 22.7. The van der Waals surface area contributed by atoms with Crippen LogP contribution >= 0.6 is 0 Å². The van der Waals surface area contributed by atoms with Crippen LogP contribution in [0.15, 0.2) is 42.6 Å². The number of carboxylic acids is 1. The van der Waals surface area contributed by atoms with Crippen molar-refractivity contribution in [1.82, 2.24) is 20.2 Å². The van der Waals surface area contributed by atoms with Gasteiger partial charge in [0, 0.05) is 30.4 Å². The Balaban J connectivity index is 1.34. The average molecular weight is 439 g/mol. The summed E-state index contributed by atoms with van der Waals surface area (Å²) in [6.45, 7) is 5.12. The molecule has 0 spiro atoms. The Hall–Kier alpha value is -3.33. The fourth-order valence-electron chi connectivity index (χ4n) is 3.51. The highest BCUT2D eigenvalue weighted by molar-refractivity contribution is 5.73. The Morgan fingerprint density at radius 3 is 2.53 bits per heavy atom. The smallest absolute Gasteiger partial charge is 0.311 e. The molecule has 1 saturated heterocycles. The van der Waals surface area contributed by atoms with Crippen LogP contribution in [-0.2, 0) is 9.53 Å². The fraction of sp³-hybridized carbons (Fsp3) is 0.391. The van der Waals surface area contributed by atoms with Crippen molar-refractivity contribution in [3.63, 3.8) is 0 Å². The van der Waals surface area contributed by atoms with E-state index in [1.165, 1.54) is 12.1 Å². The predicted octanol–water partition coefficient (Wildman–Crippen LogP) is 3.77. The third-order valence-corrected chi connectivity index (χ3v) is 5.63. The van der Waals surface area contributed by atoms with Crippen LogP contribution in [0.25, 0.3) is 22.8 Å². The number of benzene rings is 1. The van der Waals surface area contributed by atoms with Crippen LogP contribution in [0, 0.1) is 11.2 Å². The molecule has 3 heterocycles. The Morgan fingerprint density at radius 2 is 1.91 bits per heavy atom. The highest BCUT2D eigenvalue weighted by Crippen LogP contribution is 2.25. The van der Waals surface area contributed by atoms with Crippen LogP contribution in [0.5, 0.6) is 0 Å². The maximum Gasteiger partial charge on any atom is 0.311 e. The summed E-state index contributed by atoms with van der Waals surface area (Å²) in [6.07, 6.45) is 3.43. The van der Waals surface area contributed by atoms with E-state index in [1.54, 1.807) is 32.2 Å². The van der Waals surface area contributed by atoms with E-state index in [4.69, 9.17) is 4.74 Å². The molecular weight excluding hydrogens is 413 g/mol. The first-order chi connectivity index (χ1) is 15.3. The van der Waals surface area contributed by atoms with Crippen LogP contribution in [0.4, 0.5) is 10.2 Å². The molecule has 32 heavy (non-hydrogen) atoms. The molecule has 0 radical (unpaired) electrons. The van der Waals surface area contributed by atoms with Crippen molar-refractivity contribution >= 4 is 11.8 Å². The number of carbonyl (C=O) groups is 1. The van der Waals surface area contributed by atoms with Gasteiger partial charge in [-0.3, -0.25) is 4.79 Å². The number of aromatic nitrogens is 4. The van der Waals surface area contributed by atoms with Crippen molar-refractivity contribution in [2.75, 3.05) is 24.6 Å². The second-order valence-corrected chi connectivity index (χ2v) is 8.62. The minimum absolute atomic E-state index is 0.0552. The first-order valence-corrected chi connectivity index (χ1v) is 10.6. The van der Waals surface area contributed by atoms with E-state index in [-0.39, 0.29) is 18.5 Å². The van der Waals surface area contributed by atoms with Crippen LogP contribution in [0.2, 0.25) is 0 Å². The number of aliphatic carboxylic acids is 1. The number of pyridine rings is 1. The summed E-state index contributed by atoms with van der Waals surface area (Å²) < 4.78 is 19.3. The third kappa shape index (κ3) is 4.94. The number of ether oxygens (including phenoxy) is 1. The van der Waals surface area contributed by atoms with Crippen molar-refractivity contribution < 1.29 is 19.0 Å². The second-order valence-electron chi connectivity index (χ2n) is 8.62. The molecule has 0 amide bonds. The maximum absolute atomic E-state index is 13.4. The second kappa shape index (κ2) is 9.04. The van der Waals surface area contributed by atoms with Gasteiger partial charge in [-0.25, -0.2) is 9.37 Å². The number of H-pyrrole nitrogens is 1. The molecule has 2 aromatic heterocycles. The van der Waals surface area contributed by atoms with Gasteiger partial charge in [-0.05, 0) is 51.0 Å². The topological polar surface area (TPSA) is 104 Å². The number of nitrogens with zero attached hydrogens (tertiary/aromatic N) is 4. The Bertz CT molecular complexity index is 1080. The number of halogens is 1. The molecule has 0 aliphatic carbocycles. The molecule has 0 bridgehead atoms. The van der Waals surface area contributed by atoms with E-state index < -0.39 is 11.4 Å². The van der Waals surface area contributed by atoms with E-state index >= 15 is 0 Å². The van der Waals surface area contributed by atoms with Gasteiger partial charge in [-0.15, -0.1) is 10.2 Å². The summed E-state index contributed by atoms with van der Waals surface area (Å²) in [4.78, 5) is 21.1. The van der Waals surface area contributed by atoms with Crippen LogP contribution in [-0.4, -0.2) is 57.0 Å². The zero-order valence-corrected chi connectivity index (χ0v) is 18.1. The monoisotopic (exact) mass is 439 g/mol. The van der Waals surface area contributed by atoms with Gasteiger partial charge in [0.25, 0.3) is 0 Å². The van der Waals surface area contributed by atoms with Gasteiger partial charge < -0.3 is 19.7 Å². The van der Waals surface area contributed by atoms with Gasteiger partial charge in [0.2, 0.25) is 0 Å². The number of anilines is 1. The summed E-state index contributed by atoms with van der Waals surface area (Å²) in [5.74, 6) is 0.747. The van der Waals surface area contributed by atoms with E-state index in [2.05, 4.69) is 25.1 Å². The molecule has 3 aromatic rings. The van der Waals surface area contributed by atoms with E-state index in [0.717, 1.165) is 37.3 Å². The molecule has 1 aromatic carbocycles. The lowest BCUT2D eigenvalue weighted by molar-refractivity contribution is -0.152.